The van der Waals surface area contributed by atoms with E-state index in [0.29, 0.717) is 11.8 Å². The van der Waals surface area contributed by atoms with E-state index in [2.05, 4.69) is 57.1 Å². The van der Waals surface area contributed by atoms with Crippen molar-refractivity contribution in [2.75, 3.05) is 5.32 Å². The third kappa shape index (κ3) is 4.78. The highest BCUT2D eigenvalue weighted by atomic mass is 16.5. The van der Waals surface area contributed by atoms with Gasteiger partial charge in [0.05, 0.1) is 0 Å². The molecular formula is C18H24N2O. The van der Waals surface area contributed by atoms with E-state index in [4.69, 9.17) is 4.74 Å². The standard InChI is InChI=1S/C18H24N2O/c1-13(2)14-9-11-15(12-10-14)21-17-8-6-7-16(19-17)20-18(3,4)5/h6-13H,1-5H3,(H,19,20). The van der Waals surface area contributed by atoms with Crippen molar-refractivity contribution >= 4 is 5.82 Å². The molecule has 0 spiro atoms. The number of ether oxygens (including phenoxy) is 1. The molecule has 3 nitrogen and oxygen atoms in total. The normalized spacial score (nSPS) is 11.5. The summed E-state index contributed by atoms with van der Waals surface area (Å²) >= 11 is 0. The van der Waals surface area contributed by atoms with Crippen molar-refractivity contribution in [3.8, 4) is 11.6 Å². The smallest absolute Gasteiger partial charge is 0.221 e. The first-order valence-electron chi connectivity index (χ1n) is 7.36. The summed E-state index contributed by atoms with van der Waals surface area (Å²) in [6, 6.07) is 13.9. The molecule has 3 heteroatoms. The summed E-state index contributed by atoms with van der Waals surface area (Å²) in [7, 11) is 0. The fourth-order valence-corrected chi connectivity index (χ4v) is 1.97. The Morgan fingerprint density at radius 3 is 2.24 bits per heavy atom. The second-order valence-electron chi connectivity index (χ2n) is 6.56. The molecule has 1 aromatic heterocycles. The highest BCUT2D eigenvalue weighted by molar-refractivity contribution is 5.40. The van der Waals surface area contributed by atoms with Gasteiger partial charge in [0, 0.05) is 11.6 Å². The number of nitrogens with one attached hydrogen (secondary N) is 1. The number of benzene rings is 1. The first kappa shape index (κ1) is 15.4. The summed E-state index contributed by atoms with van der Waals surface area (Å²) in [5.41, 5.74) is 1.28. The van der Waals surface area contributed by atoms with Crippen molar-refractivity contribution in [2.24, 2.45) is 0 Å². The molecule has 0 saturated carbocycles. The van der Waals surface area contributed by atoms with Crippen LogP contribution < -0.4 is 10.1 Å². The minimum Gasteiger partial charge on any atom is -0.439 e. The zero-order chi connectivity index (χ0) is 15.5. The maximum absolute atomic E-state index is 5.82. The van der Waals surface area contributed by atoms with E-state index < -0.39 is 0 Å². The quantitative estimate of drug-likeness (QED) is 0.837. The van der Waals surface area contributed by atoms with Gasteiger partial charge < -0.3 is 10.1 Å². The summed E-state index contributed by atoms with van der Waals surface area (Å²) in [4.78, 5) is 4.48. The number of pyridine rings is 1. The molecule has 1 N–H and O–H groups in total. The van der Waals surface area contributed by atoms with Gasteiger partial charge >= 0.3 is 0 Å². The number of rotatable bonds is 4. The number of hydrogen-bond donors (Lipinski definition) is 1. The molecule has 0 unspecified atom stereocenters. The molecule has 0 aliphatic rings. The molecule has 2 rings (SSSR count). The average Bonchev–Trinajstić information content (AvgIpc) is 2.37. The van der Waals surface area contributed by atoms with Gasteiger partial charge in [-0.2, -0.15) is 4.98 Å². The van der Waals surface area contributed by atoms with Crippen LogP contribution in [0.2, 0.25) is 0 Å². The maximum atomic E-state index is 5.82. The van der Waals surface area contributed by atoms with E-state index in [1.54, 1.807) is 0 Å². The number of anilines is 1. The topological polar surface area (TPSA) is 34.1 Å². The SMILES string of the molecule is CC(C)c1ccc(Oc2cccc(NC(C)(C)C)n2)cc1. The molecule has 0 radical (unpaired) electrons. The van der Waals surface area contributed by atoms with Crippen molar-refractivity contribution < 1.29 is 4.74 Å². The number of nitrogens with zero attached hydrogens (tertiary/aromatic N) is 1. The van der Waals surface area contributed by atoms with E-state index in [1.165, 1.54) is 5.56 Å². The van der Waals surface area contributed by atoms with Crippen LogP contribution in [0.15, 0.2) is 42.5 Å². The summed E-state index contributed by atoms with van der Waals surface area (Å²) in [5.74, 6) is 2.75. The van der Waals surface area contributed by atoms with Gasteiger partial charge in [0.25, 0.3) is 0 Å². The van der Waals surface area contributed by atoms with Crippen molar-refractivity contribution in [3.63, 3.8) is 0 Å². The second-order valence-corrected chi connectivity index (χ2v) is 6.56. The van der Waals surface area contributed by atoms with E-state index in [-0.39, 0.29) is 5.54 Å². The third-order valence-electron chi connectivity index (χ3n) is 3.00. The van der Waals surface area contributed by atoms with Crippen molar-refractivity contribution in [1.82, 2.24) is 4.98 Å². The van der Waals surface area contributed by atoms with Gasteiger partial charge in [0.1, 0.15) is 11.6 Å². The molecule has 2 aromatic rings. The van der Waals surface area contributed by atoms with Crippen LogP contribution in [-0.4, -0.2) is 10.5 Å². The van der Waals surface area contributed by atoms with Gasteiger partial charge in [-0.1, -0.05) is 32.0 Å². The Bertz CT molecular complexity index is 583. The van der Waals surface area contributed by atoms with Crippen LogP contribution in [-0.2, 0) is 0 Å². The second kappa shape index (κ2) is 6.17. The average molecular weight is 284 g/mol. The van der Waals surface area contributed by atoms with Crippen molar-refractivity contribution in [2.45, 2.75) is 46.1 Å². The molecule has 0 atom stereocenters. The molecule has 21 heavy (non-hydrogen) atoms. The molecule has 0 amide bonds. The predicted molar refractivity (Wildman–Crippen MR) is 88.2 cm³/mol. The number of hydrogen-bond acceptors (Lipinski definition) is 3. The maximum Gasteiger partial charge on any atom is 0.221 e. The first-order valence-corrected chi connectivity index (χ1v) is 7.36. The van der Waals surface area contributed by atoms with Crippen LogP contribution in [0.3, 0.4) is 0 Å². The fraction of sp³-hybridized carbons (Fsp3) is 0.389. The van der Waals surface area contributed by atoms with Crippen LogP contribution in [0.1, 0.15) is 46.1 Å². The van der Waals surface area contributed by atoms with Crippen molar-refractivity contribution in [3.05, 3.63) is 48.0 Å². The molecule has 0 fully saturated rings. The third-order valence-corrected chi connectivity index (χ3v) is 3.00. The first-order chi connectivity index (χ1) is 9.83. The lowest BCUT2D eigenvalue weighted by molar-refractivity contribution is 0.462. The van der Waals surface area contributed by atoms with E-state index in [0.717, 1.165) is 11.6 Å². The van der Waals surface area contributed by atoms with Crippen LogP contribution in [0.5, 0.6) is 11.6 Å². The van der Waals surface area contributed by atoms with Crippen LogP contribution >= 0.6 is 0 Å². The summed E-state index contributed by atoms with van der Waals surface area (Å²) in [6.07, 6.45) is 0. The molecule has 112 valence electrons. The minimum absolute atomic E-state index is 0.0233. The molecule has 0 bridgehead atoms. The number of aromatic nitrogens is 1. The Kier molecular flexibility index (Phi) is 4.51. The fourth-order valence-electron chi connectivity index (χ4n) is 1.97. The van der Waals surface area contributed by atoms with Crippen molar-refractivity contribution in [1.29, 1.82) is 0 Å². The van der Waals surface area contributed by atoms with Gasteiger partial charge in [0.15, 0.2) is 0 Å². The highest BCUT2D eigenvalue weighted by Crippen LogP contribution is 2.24. The Labute approximate surface area is 127 Å². The Morgan fingerprint density at radius 2 is 1.67 bits per heavy atom. The summed E-state index contributed by atoms with van der Waals surface area (Å²) < 4.78 is 5.82. The van der Waals surface area contributed by atoms with Gasteiger partial charge in [-0.25, -0.2) is 0 Å². The van der Waals surface area contributed by atoms with E-state index in [9.17, 15) is 0 Å². The molecule has 0 aliphatic carbocycles. The molecule has 0 saturated heterocycles. The zero-order valence-corrected chi connectivity index (χ0v) is 13.5. The van der Waals surface area contributed by atoms with Crippen LogP contribution in [0.4, 0.5) is 5.82 Å². The lowest BCUT2D eigenvalue weighted by Gasteiger charge is -2.21. The Balaban J connectivity index is 2.10. The van der Waals surface area contributed by atoms with Crippen LogP contribution in [0.25, 0.3) is 0 Å². The van der Waals surface area contributed by atoms with Crippen LogP contribution in [0, 0.1) is 0 Å². The summed E-state index contributed by atoms with van der Waals surface area (Å²) in [6.45, 7) is 10.7. The highest BCUT2D eigenvalue weighted by Gasteiger charge is 2.10. The lowest BCUT2D eigenvalue weighted by atomic mass is 10.0. The van der Waals surface area contributed by atoms with E-state index in [1.807, 2.05) is 30.3 Å². The lowest BCUT2D eigenvalue weighted by Crippen LogP contribution is -2.26. The monoisotopic (exact) mass is 284 g/mol. The predicted octanol–water partition coefficient (Wildman–Crippen LogP) is 5.21. The van der Waals surface area contributed by atoms with Gasteiger partial charge in [-0.05, 0) is 50.5 Å². The van der Waals surface area contributed by atoms with Gasteiger partial charge in [-0.3, -0.25) is 0 Å². The minimum atomic E-state index is -0.0233. The molecule has 1 heterocycles. The van der Waals surface area contributed by atoms with E-state index >= 15 is 0 Å². The zero-order valence-electron chi connectivity index (χ0n) is 13.5. The molecule has 0 aliphatic heterocycles. The van der Waals surface area contributed by atoms with Gasteiger partial charge in [0.2, 0.25) is 5.88 Å². The molecular weight excluding hydrogens is 260 g/mol. The largest absolute Gasteiger partial charge is 0.439 e. The Hall–Kier alpha value is -2.03. The Morgan fingerprint density at radius 1 is 1.00 bits per heavy atom. The molecule has 1 aromatic carbocycles. The summed E-state index contributed by atoms with van der Waals surface area (Å²) in [5, 5.41) is 3.34. The van der Waals surface area contributed by atoms with Gasteiger partial charge in [-0.15, -0.1) is 0 Å².